The largest absolute Gasteiger partial charge is 0.497 e. The number of benzene rings is 3. The van der Waals surface area contributed by atoms with E-state index in [4.69, 9.17) is 9.47 Å². The highest BCUT2D eigenvalue weighted by Crippen LogP contribution is 2.41. The zero-order valence-electron chi connectivity index (χ0n) is 17.9. The number of ketones is 1. The number of aromatic carboxylic acids is 2. The molecule has 1 aliphatic rings. The minimum atomic E-state index is -1.20. The maximum Gasteiger partial charge on any atom is 0.335 e. The molecule has 0 amide bonds. The Morgan fingerprint density at radius 1 is 0.909 bits per heavy atom. The van der Waals surface area contributed by atoms with Gasteiger partial charge in [0.25, 0.3) is 0 Å². The predicted molar refractivity (Wildman–Crippen MR) is 119 cm³/mol. The summed E-state index contributed by atoms with van der Waals surface area (Å²) in [4.78, 5) is 37.5. The van der Waals surface area contributed by atoms with Gasteiger partial charge < -0.3 is 19.7 Å². The fourth-order valence-corrected chi connectivity index (χ4v) is 4.32. The number of hydrogen-bond acceptors (Lipinski definition) is 5. The monoisotopic (exact) mass is 446 g/mol. The first kappa shape index (κ1) is 22.1. The molecule has 0 aliphatic carbocycles. The maximum absolute atomic E-state index is 13.9. The highest BCUT2D eigenvalue weighted by Gasteiger charge is 2.45. The number of rotatable bonds is 7. The highest BCUT2D eigenvalue weighted by atomic mass is 16.5. The van der Waals surface area contributed by atoms with Crippen LogP contribution < -0.4 is 9.47 Å². The van der Waals surface area contributed by atoms with E-state index in [0.717, 1.165) is 0 Å². The van der Waals surface area contributed by atoms with Gasteiger partial charge >= 0.3 is 11.9 Å². The van der Waals surface area contributed by atoms with Gasteiger partial charge in [-0.1, -0.05) is 36.4 Å². The molecule has 4 rings (SSSR count). The van der Waals surface area contributed by atoms with Gasteiger partial charge in [0.1, 0.15) is 18.1 Å². The minimum absolute atomic E-state index is 0.0338. The van der Waals surface area contributed by atoms with Crippen molar-refractivity contribution in [2.45, 2.75) is 12.8 Å². The maximum atomic E-state index is 13.9. The van der Waals surface area contributed by atoms with Crippen molar-refractivity contribution in [2.24, 2.45) is 5.41 Å². The quantitative estimate of drug-likeness (QED) is 0.561. The zero-order valence-corrected chi connectivity index (χ0v) is 17.9. The van der Waals surface area contributed by atoms with Gasteiger partial charge in [-0.3, -0.25) is 4.79 Å². The van der Waals surface area contributed by atoms with E-state index in [9.17, 15) is 24.6 Å². The van der Waals surface area contributed by atoms with Gasteiger partial charge in [-0.15, -0.1) is 0 Å². The van der Waals surface area contributed by atoms with Crippen LogP contribution in [-0.2, 0) is 12.8 Å². The molecule has 1 heterocycles. The first-order chi connectivity index (χ1) is 15.8. The molecule has 0 spiro atoms. The second-order valence-corrected chi connectivity index (χ2v) is 8.04. The molecule has 7 nitrogen and oxygen atoms in total. The van der Waals surface area contributed by atoms with Crippen LogP contribution in [0.25, 0.3) is 0 Å². The van der Waals surface area contributed by atoms with Crippen molar-refractivity contribution in [3.05, 3.63) is 94.5 Å². The number of carbonyl (C=O) groups excluding carboxylic acids is 1. The Morgan fingerprint density at radius 2 is 1.45 bits per heavy atom. The first-order valence-corrected chi connectivity index (χ1v) is 10.3. The minimum Gasteiger partial charge on any atom is -0.497 e. The molecule has 7 heteroatoms. The number of carboxylic acid groups (broad SMARTS) is 2. The van der Waals surface area contributed by atoms with Gasteiger partial charge in [0.2, 0.25) is 0 Å². The third-order valence-electron chi connectivity index (χ3n) is 5.97. The van der Waals surface area contributed by atoms with Crippen molar-refractivity contribution in [3.63, 3.8) is 0 Å². The highest BCUT2D eigenvalue weighted by molar-refractivity contribution is 6.05. The smallest absolute Gasteiger partial charge is 0.335 e. The van der Waals surface area contributed by atoms with Gasteiger partial charge in [0.15, 0.2) is 5.78 Å². The molecule has 0 fully saturated rings. The number of hydrogen-bond donors (Lipinski definition) is 2. The summed E-state index contributed by atoms with van der Waals surface area (Å²) in [5.74, 6) is -1.50. The van der Waals surface area contributed by atoms with Gasteiger partial charge in [-0.25, -0.2) is 9.59 Å². The summed E-state index contributed by atoms with van der Waals surface area (Å²) in [5.41, 5.74) is 0.299. The molecule has 3 aromatic carbocycles. The molecule has 0 aromatic heterocycles. The van der Waals surface area contributed by atoms with Crippen molar-refractivity contribution < 1.29 is 34.1 Å². The number of methoxy groups -OCH3 is 1. The fraction of sp³-hybridized carbons (Fsp3) is 0.192. The molecule has 0 bridgehead atoms. The third kappa shape index (κ3) is 4.17. The predicted octanol–water partition coefficient (Wildman–Crippen LogP) is 4.14. The number of fused-ring (bicyclic) bond motifs is 1. The molecule has 2 N–H and O–H groups in total. The first-order valence-electron chi connectivity index (χ1n) is 10.3. The summed E-state index contributed by atoms with van der Waals surface area (Å²) in [6.45, 7) is -0.0338. The molecule has 1 aliphatic heterocycles. The lowest BCUT2D eigenvalue weighted by molar-refractivity contribution is 0.0587. The summed E-state index contributed by atoms with van der Waals surface area (Å²) in [7, 11) is 1.52. The molecule has 168 valence electrons. The zero-order chi connectivity index (χ0) is 23.6. The van der Waals surface area contributed by atoms with E-state index in [-0.39, 0.29) is 36.4 Å². The topological polar surface area (TPSA) is 110 Å². The Kier molecular flexibility index (Phi) is 5.87. The lowest BCUT2D eigenvalue weighted by Gasteiger charge is -2.37. The van der Waals surface area contributed by atoms with Gasteiger partial charge in [0.05, 0.1) is 29.2 Å². The summed E-state index contributed by atoms with van der Waals surface area (Å²) < 4.78 is 11.2. The number of Topliss-reactive ketones (excluding diaryl/α,β-unsaturated/α-hetero) is 1. The summed E-state index contributed by atoms with van der Waals surface area (Å²) >= 11 is 0. The van der Waals surface area contributed by atoms with Crippen molar-refractivity contribution >= 4 is 17.7 Å². The Labute approximate surface area is 190 Å². The van der Waals surface area contributed by atoms with Crippen LogP contribution in [-0.4, -0.2) is 41.7 Å². The average Bonchev–Trinajstić information content (AvgIpc) is 2.81. The van der Waals surface area contributed by atoms with E-state index in [0.29, 0.717) is 28.2 Å². The number of carbonyl (C=O) groups is 3. The van der Waals surface area contributed by atoms with Crippen LogP contribution in [0, 0.1) is 5.41 Å². The number of carboxylic acids is 2. The Hall–Kier alpha value is -4.13. The molecule has 0 radical (unpaired) electrons. The van der Waals surface area contributed by atoms with Crippen LogP contribution in [0.1, 0.15) is 42.2 Å². The van der Waals surface area contributed by atoms with Gasteiger partial charge in [0, 0.05) is 6.07 Å². The lowest BCUT2D eigenvalue weighted by Crippen LogP contribution is -2.45. The Morgan fingerprint density at radius 3 is 1.97 bits per heavy atom. The Balaban J connectivity index is 1.84. The second kappa shape index (κ2) is 8.78. The van der Waals surface area contributed by atoms with E-state index in [1.807, 2.05) is 0 Å². The van der Waals surface area contributed by atoms with E-state index in [2.05, 4.69) is 0 Å². The molecule has 3 aromatic rings. The average molecular weight is 446 g/mol. The third-order valence-corrected chi connectivity index (χ3v) is 5.97. The molecular formula is C26H22O7. The van der Waals surface area contributed by atoms with Crippen LogP contribution in [0.5, 0.6) is 11.5 Å². The van der Waals surface area contributed by atoms with Crippen molar-refractivity contribution in [2.75, 3.05) is 13.7 Å². The van der Waals surface area contributed by atoms with E-state index in [1.165, 1.54) is 19.2 Å². The summed E-state index contributed by atoms with van der Waals surface area (Å²) in [5, 5.41) is 19.3. The van der Waals surface area contributed by atoms with Gasteiger partial charge in [-0.2, -0.15) is 0 Å². The van der Waals surface area contributed by atoms with Gasteiger partial charge in [-0.05, 0) is 48.2 Å². The van der Waals surface area contributed by atoms with Crippen LogP contribution in [0.15, 0.2) is 66.7 Å². The second-order valence-electron chi connectivity index (χ2n) is 8.04. The van der Waals surface area contributed by atoms with Crippen molar-refractivity contribution in [1.29, 1.82) is 0 Å². The van der Waals surface area contributed by atoms with E-state index >= 15 is 0 Å². The standard InChI is InChI=1S/C26H22O7/c1-32-18-10-11-21-22(12-18)33-15-26(23(21)27,13-16-6-2-4-8-19(16)24(28)29)14-17-7-3-5-9-20(17)25(30)31/h2-12H,13-15H2,1H3,(H,28,29)(H,30,31). The van der Waals surface area contributed by atoms with Crippen LogP contribution in [0.2, 0.25) is 0 Å². The van der Waals surface area contributed by atoms with E-state index in [1.54, 1.807) is 54.6 Å². The molecule has 0 atom stereocenters. The molecule has 0 saturated heterocycles. The van der Waals surface area contributed by atoms with Crippen LogP contribution >= 0.6 is 0 Å². The molecule has 0 unspecified atom stereocenters. The molecule has 33 heavy (non-hydrogen) atoms. The fourth-order valence-electron chi connectivity index (χ4n) is 4.32. The summed E-state index contributed by atoms with van der Waals surface area (Å²) in [6.07, 6.45) is 0.154. The van der Waals surface area contributed by atoms with Crippen molar-refractivity contribution in [1.82, 2.24) is 0 Å². The molecular weight excluding hydrogens is 424 g/mol. The normalized spacial score (nSPS) is 14.2. The number of ether oxygens (including phenoxy) is 2. The SMILES string of the molecule is COc1ccc2c(c1)OCC(Cc1ccccc1C(=O)O)(Cc1ccccc1C(=O)O)C2=O. The van der Waals surface area contributed by atoms with Crippen LogP contribution in [0.4, 0.5) is 0 Å². The van der Waals surface area contributed by atoms with Crippen LogP contribution in [0.3, 0.4) is 0 Å². The van der Waals surface area contributed by atoms with Crippen molar-refractivity contribution in [3.8, 4) is 11.5 Å². The summed E-state index contributed by atoms with van der Waals surface area (Å²) in [6, 6.07) is 17.9. The Bertz CT molecular complexity index is 1190. The molecule has 0 saturated carbocycles. The lowest BCUT2D eigenvalue weighted by atomic mass is 9.69. The van der Waals surface area contributed by atoms with E-state index < -0.39 is 17.4 Å².